The van der Waals surface area contributed by atoms with Gasteiger partial charge in [0.05, 0.1) is 23.1 Å². The molecule has 0 spiro atoms. The van der Waals surface area contributed by atoms with Crippen LogP contribution in [0, 0.1) is 18.3 Å². The van der Waals surface area contributed by atoms with Crippen LogP contribution >= 0.6 is 11.6 Å². The zero-order valence-corrected chi connectivity index (χ0v) is 76.0. The van der Waals surface area contributed by atoms with Gasteiger partial charge < -0.3 is 90.3 Å². The normalized spacial score (nSPS) is 16.3. The fourth-order valence-electron chi connectivity index (χ4n) is 16.8. The second kappa shape index (κ2) is 45.2. The lowest BCUT2D eigenvalue weighted by Crippen LogP contribution is -2.49. The third-order valence-corrected chi connectivity index (χ3v) is 24.5. The second-order valence-electron chi connectivity index (χ2n) is 35.5. The molecule has 5 fully saturated rings. The van der Waals surface area contributed by atoms with Crippen molar-refractivity contribution in [2.24, 2.45) is 28.5 Å². The highest BCUT2D eigenvalue weighted by Gasteiger charge is 2.34. The zero-order valence-electron chi connectivity index (χ0n) is 75.2. The highest BCUT2D eigenvalue weighted by atomic mass is 35.5. The number of likely N-dealkylation sites (tertiary alicyclic amines) is 5. The van der Waals surface area contributed by atoms with Crippen molar-refractivity contribution in [1.82, 2.24) is 49.4 Å². The van der Waals surface area contributed by atoms with E-state index >= 15 is 0 Å². The molecule has 0 radical (unpaired) electrons. The molecule has 0 bridgehead atoms. The first-order valence-corrected chi connectivity index (χ1v) is 45.7. The van der Waals surface area contributed by atoms with Crippen LogP contribution in [0.3, 0.4) is 0 Å². The maximum Gasteiger partial charge on any atom is 0.255 e. The van der Waals surface area contributed by atoms with Gasteiger partial charge in [-0.15, -0.1) is 0 Å². The molecule has 5 amide bonds. The van der Waals surface area contributed by atoms with Crippen molar-refractivity contribution in [2.75, 3.05) is 65.4 Å². The quantitative estimate of drug-likeness (QED) is 0.0331. The fraction of sp³-hybridized carbons (Fsp3) is 0.440. The summed E-state index contributed by atoms with van der Waals surface area (Å²) in [6.07, 6.45) is 21.0. The average molecular weight is 1780 g/mol. The van der Waals surface area contributed by atoms with Crippen molar-refractivity contribution < 1.29 is 47.7 Å². The largest absolute Gasteiger partial charge is 0.490 e. The molecule has 11 N–H and O–H groups in total. The van der Waals surface area contributed by atoms with E-state index in [4.69, 9.17) is 52.5 Å². The first-order chi connectivity index (χ1) is 61.9. The summed E-state index contributed by atoms with van der Waals surface area (Å²) in [6.45, 7) is 22.9. The SMILES string of the molecule is CC(C)(C)C(=O)N1CCC(Oc2ccc3c(=O)[nH]ccc3c2)CC1.CC(C)C[C@H](N)C(=O)N1CCC(Oc2ccc3c(=O)[nH]ccc3c2)CC1.CCC(=O)N1CCC(Oc2cc3cc[nH]c(=O)c3cc2Cl)CC1.CCCC[C@H](N)C(=O)N1CCC(Oc2ccc3c(=O)[nH]ccc3c2)CC1.Cc1ccc(C[C@H](N)C(=O)N2CCC(Oc3ccc4c(=O)[nH]ccc4c3)CC2)cc1. The van der Waals surface area contributed by atoms with E-state index in [1.807, 2.05) is 162 Å². The fourth-order valence-corrected chi connectivity index (χ4v) is 17.0. The van der Waals surface area contributed by atoms with Crippen LogP contribution in [0.1, 0.15) is 156 Å². The number of nitrogens with one attached hydrogen (secondary N) is 5. The number of nitrogens with zero attached hydrogens (tertiary/aromatic N) is 5. The maximum atomic E-state index is 12.7. The maximum absolute atomic E-state index is 12.7. The topological polar surface area (TPSA) is 390 Å². The van der Waals surface area contributed by atoms with Crippen LogP contribution in [0.25, 0.3) is 53.9 Å². The Morgan fingerprint density at radius 1 is 0.403 bits per heavy atom. The molecule has 11 aromatic rings. The molecule has 5 saturated heterocycles. The lowest BCUT2D eigenvalue weighted by atomic mass is 9.93. The van der Waals surface area contributed by atoms with Crippen LogP contribution < -0.4 is 68.7 Å². The summed E-state index contributed by atoms with van der Waals surface area (Å²) in [5, 5.41) is 7.84. The van der Waals surface area contributed by atoms with Crippen LogP contribution in [-0.2, 0) is 30.4 Å². The molecule has 0 aliphatic carbocycles. The van der Waals surface area contributed by atoms with Crippen LogP contribution in [0.15, 0.2) is 194 Å². The van der Waals surface area contributed by atoms with Gasteiger partial charge in [0, 0.05) is 199 Å². The lowest BCUT2D eigenvalue weighted by molar-refractivity contribution is -0.141. The van der Waals surface area contributed by atoms with E-state index in [-0.39, 0.29) is 99.3 Å². The number of ether oxygens (including phenoxy) is 5. The van der Waals surface area contributed by atoms with E-state index in [9.17, 15) is 47.9 Å². The molecule has 3 atom stereocenters. The molecule has 6 aromatic carbocycles. The van der Waals surface area contributed by atoms with Crippen molar-refractivity contribution in [3.05, 3.63) is 238 Å². The number of amides is 5. The Morgan fingerprint density at radius 3 is 1.06 bits per heavy atom. The monoisotopic (exact) mass is 1780 g/mol. The van der Waals surface area contributed by atoms with E-state index < -0.39 is 12.1 Å². The number of hydrogen-bond acceptors (Lipinski definition) is 18. The second-order valence-corrected chi connectivity index (χ2v) is 35.9. The molecule has 16 rings (SSSR count). The number of carbonyl (C=O) groups is 5. The van der Waals surface area contributed by atoms with E-state index in [0.717, 1.165) is 152 Å². The Labute approximate surface area is 755 Å². The third kappa shape index (κ3) is 26.6. The summed E-state index contributed by atoms with van der Waals surface area (Å²) in [6, 6.07) is 41.6. The number of pyridine rings is 5. The summed E-state index contributed by atoms with van der Waals surface area (Å²) < 4.78 is 30.3. The van der Waals surface area contributed by atoms with Gasteiger partial charge in [-0.05, 0) is 180 Å². The summed E-state index contributed by atoms with van der Waals surface area (Å²) in [4.78, 5) is 143. The number of nitrogens with two attached hydrogens (primary N) is 3. The Kier molecular flexibility index (Phi) is 33.7. The van der Waals surface area contributed by atoms with E-state index in [1.165, 1.54) is 5.56 Å². The van der Waals surface area contributed by atoms with Crippen LogP contribution in [0.5, 0.6) is 28.7 Å². The molecule has 0 unspecified atom stereocenters. The number of aromatic nitrogens is 5. The summed E-state index contributed by atoms with van der Waals surface area (Å²) in [5.41, 5.74) is 19.6. The van der Waals surface area contributed by atoms with Gasteiger partial charge in [-0.2, -0.15) is 0 Å². The standard InChI is InChI=1S/C24H27N3O3.2C20H27N3O3.C19H24N2O3.C17H19ClN2O3/c1-16-2-4-17(5-3-16)14-22(25)24(29)27-12-9-19(10-13-27)30-20-6-7-21-18(15-20)8-11-26-23(21)28;1-13(2)11-18(21)20(25)23-9-6-15(7-10-23)26-16-3-4-17-14(12-16)5-8-22-19(17)24;1-2-3-4-18(21)20(25)23-11-8-15(9-12-23)26-16-5-6-17-14(13-16)7-10-22-19(17)24;1-19(2,3)18(23)21-10-7-14(8-11-21)24-15-4-5-16-13(12-15)6-9-20-17(16)22;1-2-16(21)20-7-4-12(5-8-20)23-15-9-11-3-6-19-17(22)13(11)10-14(15)18/h2-8,11,15,19,22H,9-10,12-14,25H2,1H3,(H,26,28);3-5,8,12-13,15,18H,6-7,9-11,21H2,1-2H3,(H,22,24);5-7,10,13,15,18H,2-4,8-9,11-12,21H2,1H3,(H,22,24);4-6,9,12,14H,7-8,10-11H2,1-3H3,(H,20,22);3,6,9-10,12H,2,4-5,7-8H2,1H3,(H,19,22)/t22-;2*18-;;/m000../s1. The number of aromatic amines is 5. The van der Waals surface area contributed by atoms with Crippen molar-refractivity contribution in [2.45, 2.75) is 207 Å². The van der Waals surface area contributed by atoms with E-state index in [2.05, 4.69) is 45.7 Å². The number of unbranched alkanes of at least 4 members (excludes halogenated alkanes) is 1. The predicted molar refractivity (Wildman–Crippen MR) is 507 cm³/mol. The van der Waals surface area contributed by atoms with Gasteiger partial charge in [-0.1, -0.05) is 103 Å². The molecule has 0 saturated carbocycles. The van der Waals surface area contributed by atoms with Gasteiger partial charge in [-0.25, -0.2) is 0 Å². The highest BCUT2D eigenvalue weighted by molar-refractivity contribution is 6.32. The van der Waals surface area contributed by atoms with Gasteiger partial charge >= 0.3 is 0 Å². The minimum Gasteiger partial charge on any atom is -0.490 e. The number of H-pyrrole nitrogens is 5. The number of aryl methyl sites for hydroxylation is 1. The predicted octanol–water partition coefficient (Wildman–Crippen LogP) is 13.4. The minimum absolute atomic E-state index is 0.000967. The molecule has 5 aliphatic rings. The summed E-state index contributed by atoms with van der Waals surface area (Å²) >= 11 is 6.25. The van der Waals surface area contributed by atoms with Crippen molar-refractivity contribution in [3.63, 3.8) is 0 Å². The number of carbonyl (C=O) groups excluding carboxylic acids is 5. The first kappa shape index (κ1) is 96.0. The number of halogens is 1. The van der Waals surface area contributed by atoms with Crippen LogP contribution in [0.2, 0.25) is 5.02 Å². The van der Waals surface area contributed by atoms with Gasteiger partial charge in [-0.3, -0.25) is 47.9 Å². The number of benzene rings is 6. The molecular formula is C100H124ClN13O15. The number of rotatable bonds is 21. The van der Waals surface area contributed by atoms with Crippen LogP contribution in [0.4, 0.5) is 0 Å². The van der Waals surface area contributed by atoms with Gasteiger partial charge in [0.15, 0.2) is 0 Å². The Bertz CT molecular complexity index is 5970. The van der Waals surface area contributed by atoms with Crippen LogP contribution in [-0.4, -0.2) is 193 Å². The first-order valence-electron chi connectivity index (χ1n) is 45.3. The number of fused-ring (bicyclic) bond motifs is 5. The third-order valence-electron chi connectivity index (χ3n) is 24.2. The van der Waals surface area contributed by atoms with Gasteiger partial charge in [0.2, 0.25) is 29.5 Å². The molecule has 5 aliphatic heterocycles. The van der Waals surface area contributed by atoms with E-state index in [0.29, 0.717) is 115 Å². The Balaban J connectivity index is 0.000000147. The lowest BCUT2D eigenvalue weighted by Gasteiger charge is -2.35. The molecule has 10 heterocycles. The zero-order chi connectivity index (χ0) is 92.0. The summed E-state index contributed by atoms with van der Waals surface area (Å²) in [5.74, 6) is 4.51. The Morgan fingerprint density at radius 2 is 0.721 bits per heavy atom. The smallest absolute Gasteiger partial charge is 0.255 e. The summed E-state index contributed by atoms with van der Waals surface area (Å²) in [7, 11) is 0. The Hall–Kier alpha value is -12.1. The highest BCUT2D eigenvalue weighted by Crippen LogP contribution is 2.34. The molecular weight excluding hydrogens is 1660 g/mol. The number of piperidine rings is 5. The van der Waals surface area contributed by atoms with Crippen molar-refractivity contribution in [1.29, 1.82) is 0 Å². The molecule has 686 valence electrons. The minimum atomic E-state index is -0.524. The molecule has 28 nitrogen and oxygen atoms in total. The molecule has 29 heteroatoms. The van der Waals surface area contributed by atoms with Gasteiger partial charge in [0.25, 0.3) is 27.8 Å². The van der Waals surface area contributed by atoms with Crippen molar-refractivity contribution >= 4 is 95.0 Å². The van der Waals surface area contributed by atoms with Crippen molar-refractivity contribution in [3.8, 4) is 28.7 Å². The molecule has 5 aromatic heterocycles. The van der Waals surface area contributed by atoms with Gasteiger partial charge in [0.1, 0.15) is 59.3 Å². The number of hydrogen-bond donors (Lipinski definition) is 8. The van der Waals surface area contributed by atoms with E-state index in [1.54, 1.807) is 67.4 Å². The average Bonchev–Trinajstić information content (AvgIpc) is 0.858. The molecule has 129 heavy (non-hydrogen) atoms.